The van der Waals surface area contributed by atoms with Crippen LogP contribution in [0.5, 0.6) is 0 Å². The first-order valence-electron chi connectivity index (χ1n) is 7.17. The predicted molar refractivity (Wildman–Crippen MR) is 82.6 cm³/mol. The van der Waals surface area contributed by atoms with Gasteiger partial charge in [-0.25, -0.2) is 4.98 Å². The average molecular weight is 335 g/mol. The van der Waals surface area contributed by atoms with Crippen LogP contribution < -0.4 is 5.32 Å². The highest BCUT2D eigenvalue weighted by Crippen LogP contribution is 2.37. The fourth-order valence-corrected chi connectivity index (χ4v) is 2.88. The standard InChI is InChI=1S/C16H19BrN2O/c1-2-15-9-19-16(20-15)10-18-14-7-12(8-14)11-3-5-13(17)6-4-11/h3-6,9,12,14,18H,2,7-8,10H2,1H3. The van der Waals surface area contributed by atoms with E-state index in [2.05, 4.69) is 57.4 Å². The maximum atomic E-state index is 5.60. The summed E-state index contributed by atoms with van der Waals surface area (Å²) >= 11 is 3.48. The van der Waals surface area contributed by atoms with Crippen LogP contribution in [0.15, 0.2) is 39.4 Å². The monoisotopic (exact) mass is 334 g/mol. The Labute approximate surface area is 127 Å². The molecule has 20 heavy (non-hydrogen) atoms. The molecule has 106 valence electrons. The van der Waals surface area contributed by atoms with Gasteiger partial charge in [-0.1, -0.05) is 35.0 Å². The molecule has 1 aromatic carbocycles. The van der Waals surface area contributed by atoms with Crippen molar-refractivity contribution >= 4 is 15.9 Å². The van der Waals surface area contributed by atoms with Gasteiger partial charge < -0.3 is 9.73 Å². The zero-order valence-corrected chi connectivity index (χ0v) is 13.2. The van der Waals surface area contributed by atoms with Gasteiger partial charge in [0, 0.05) is 16.9 Å². The van der Waals surface area contributed by atoms with Crippen molar-refractivity contribution < 1.29 is 4.42 Å². The van der Waals surface area contributed by atoms with E-state index in [9.17, 15) is 0 Å². The molecule has 3 rings (SSSR count). The largest absolute Gasteiger partial charge is 0.444 e. The first-order chi connectivity index (χ1) is 9.74. The number of aromatic nitrogens is 1. The van der Waals surface area contributed by atoms with Crippen molar-refractivity contribution in [1.82, 2.24) is 10.3 Å². The molecular formula is C16H19BrN2O. The second-order valence-corrected chi connectivity index (χ2v) is 6.29. The third-order valence-corrected chi connectivity index (χ3v) is 4.50. The highest BCUT2D eigenvalue weighted by atomic mass is 79.9. The minimum Gasteiger partial charge on any atom is -0.444 e. The van der Waals surface area contributed by atoms with Gasteiger partial charge in [-0.05, 0) is 36.5 Å². The molecular weight excluding hydrogens is 316 g/mol. The summed E-state index contributed by atoms with van der Waals surface area (Å²) in [6.45, 7) is 2.81. The summed E-state index contributed by atoms with van der Waals surface area (Å²) < 4.78 is 6.74. The topological polar surface area (TPSA) is 38.1 Å². The second kappa shape index (κ2) is 6.10. The number of nitrogens with zero attached hydrogens (tertiary/aromatic N) is 1. The smallest absolute Gasteiger partial charge is 0.208 e. The van der Waals surface area contributed by atoms with Crippen LogP contribution in [0, 0.1) is 0 Å². The molecule has 4 heteroatoms. The number of rotatable bonds is 5. The van der Waals surface area contributed by atoms with Crippen molar-refractivity contribution in [1.29, 1.82) is 0 Å². The van der Waals surface area contributed by atoms with Crippen molar-refractivity contribution in [3.8, 4) is 0 Å². The molecule has 0 atom stereocenters. The lowest BCUT2D eigenvalue weighted by molar-refractivity contribution is 0.278. The Balaban J connectivity index is 1.45. The number of aryl methyl sites for hydroxylation is 1. The quantitative estimate of drug-likeness (QED) is 0.896. The molecule has 2 aromatic rings. The second-order valence-electron chi connectivity index (χ2n) is 5.37. The van der Waals surface area contributed by atoms with Gasteiger partial charge in [-0.3, -0.25) is 0 Å². The summed E-state index contributed by atoms with van der Waals surface area (Å²) in [6, 6.07) is 9.25. The van der Waals surface area contributed by atoms with E-state index < -0.39 is 0 Å². The van der Waals surface area contributed by atoms with Gasteiger partial charge in [-0.2, -0.15) is 0 Å². The van der Waals surface area contributed by atoms with Crippen LogP contribution in [-0.4, -0.2) is 11.0 Å². The van der Waals surface area contributed by atoms with Crippen molar-refractivity contribution in [3.05, 3.63) is 52.1 Å². The van der Waals surface area contributed by atoms with Gasteiger partial charge in [0.1, 0.15) is 5.76 Å². The van der Waals surface area contributed by atoms with Crippen molar-refractivity contribution in [2.24, 2.45) is 0 Å². The summed E-state index contributed by atoms with van der Waals surface area (Å²) in [5.74, 6) is 2.45. The van der Waals surface area contributed by atoms with Crippen LogP contribution in [0.4, 0.5) is 0 Å². The molecule has 3 nitrogen and oxygen atoms in total. The van der Waals surface area contributed by atoms with Crippen LogP contribution in [0.2, 0.25) is 0 Å². The fraction of sp³-hybridized carbons (Fsp3) is 0.438. The molecule has 1 N–H and O–H groups in total. The molecule has 1 aliphatic rings. The average Bonchev–Trinajstić information content (AvgIpc) is 2.87. The van der Waals surface area contributed by atoms with E-state index in [1.54, 1.807) is 0 Å². The predicted octanol–water partition coefficient (Wildman–Crippen LogP) is 4.04. The fourth-order valence-electron chi connectivity index (χ4n) is 2.62. The molecule has 0 spiro atoms. The van der Waals surface area contributed by atoms with Gasteiger partial charge in [0.15, 0.2) is 0 Å². The minimum absolute atomic E-state index is 0.584. The normalized spacial score (nSPS) is 21.7. The SMILES string of the molecule is CCc1cnc(CNC2CC(c3ccc(Br)cc3)C2)o1. The maximum absolute atomic E-state index is 5.60. The molecule has 1 aromatic heterocycles. The zero-order chi connectivity index (χ0) is 13.9. The summed E-state index contributed by atoms with van der Waals surface area (Å²) in [4.78, 5) is 4.27. The minimum atomic E-state index is 0.584. The Morgan fingerprint density at radius 1 is 1.30 bits per heavy atom. The molecule has 0 radical (unpaired) electrons. The van der Waals surface area contributed by atoms with E-state index in [0.29, 0.717) is 12.0 Å². The molecule has 0 unspecified atom stereocenters. The molecule has 1 aliphatic carbocycles. The van der Waals surface area contributed by atoms with Gasteiger partial charge in [-0.15, -0.1) is 0 Å². The molecule has 1 saturated carbocycles. The summed E-state index contributed by atoms with van der Waals surface area (Å²) in [7, 11) is 0. The first kappa shape index (κ1) is 13.8. The lowest BCUT2D eigenvalue weighted by atomic mass is 9.76. The first-order valence-corrected chi connectivity index (χ1v) is 7.96. The van der Waals surface area contributed by atoms with E-state index in [-0.39, 0.29) is 0 Å². The van der Waals surface area contributed by atoms with Crippen LogP contribution in [0.3, 0.4) is 0 Å². The number of hydrogen-bond acceptors (Lipinski definition) is 3. The lowest BCUT2D eigenvalue weighted by Crippen LogP contribution is -2.39. The molecule has 0 aliphatic heterocycles. The molecule has 0 amide bonds. The maximum Gasteiger partial charge on any atom is 0.208 e. The highest BCUT2D eigenvalue weighted by Gasteiger charge is 2.29. The van der Waals surface area contributed by atoms with Crippen LogP contribution >= 0.6 is 15.9 Å². The molecule has 1 fully saturated rings. The van der Waals surface area contributed by atoms with Crippen LogP contribution in [-0.2, 0) is 13.0 Å². The van der Waals surface area contributed by atoms with Crippen LogP contribution in [0.1, 0.15) is 42.9 Å². The Bertz CT molecular complexity index is 558. The lowest BCUT2D eigenvalue weighted by Gasteiger charge is -2.36. The zero-order valence-electron chi connectivity index (χ0n) is 11.6. The van der Waals surface area contributed by atoms with Gasteiger partial charge in [0.25, 0.3) is 0 Å². The van der Waals surface area contributed by atoms with Crippen LogP contribution in [0.25, 0.3) is 0 Å². The van der Waals surface area contributed by atoms with E-state index in [4.69, 9.17) is 4.42 Å². The number of benzene rings is 1. The van der Waals surface area contributed by atoms with E-state index in [1.165, 1.54) is 18.4 Å². The van der Waals surface area contributed by atoms with Crippen molar-refractivity contribution in [2.45, 2.75) is 44.7 Å². The van der Waals surface area contributed by atoms with Crippen molar-refractivity contribution in [3.63, 3.8) is 0 Å². The van der Waals surface area contributed by atoms with Crippen molar-refractivity contribution in [2.75, 3.05) is 0 Å². The number of oxazole rings is 1. The summed E-state index contributed by atoms with van der Waals surface area (Å²) in [6.07, 6.45) is 5.12. The molecule has 1 heterocycles. The Morgan fingerprint density at radius 2 is 2.05 bits per heavy atom. The molecule has 0 bridgehead atoms. The Hall–Kier alpha value is -1.13. The van der Waals surface area contributed by atoms with Gasteiger partial charge in [0.05, 0.1) is 12.7 Å². The number of hydrogen-bond donors (Lipinski definition) is 1. The Kier molecular flexibility index (Phi) is 4.22. The van der Waals surface area contributed by atoms with Gasteiger partial charge in [0.2, 0.25) is 5.89 Å². The molecule has 0 saturated heterocycles. The van der Waals surface area contributed by atoms with E-state index in [1.807, 2.05) is 6.20 Å². The third kappa shape index (κ3) is 3.13. The van der Waals surface area contributed by atoms with E-state index in [0.717, 1.165) is 29.1 Å². The van der Waals surface area contributed by atoms with Gasteiger partial charge >= 0.3 is 0 Å². The third-order valence-electron chi connectivity index (χ3n) is 3.97. The summed E-state index contributed by atoms with van der Waals surface area (Å²) in [5.41, 5.74) is 1.44. The van der Waals surface area contributed by atoms with E-state index >= 15 is 0 Å². The highest BCUT2D eigenvalue weighted by molar-refractivity contribution is 9.10. The summed E-state index contributed by atoms with van der Waals surface area (Å²) in [5, 5.41) is 3.52. The Morgan fingerprint density at radius 3 is 2.70 bits per heavy atom. The number of halogens is 1. The number of nitrogens with one attached hydrogen (secondary N) is 1.